The number of halogens is 1. The first kappa shape index (κ1) is 38.5. The number of aliphatic hydroxyl groups excluding tert-OH is 1. The average molecular weight is 510 g/mol. The second kappa shape index (κ2) is 32.4. The Balaban J connectivity index is -0.000000172. The highest BCUT2D eigenvalue weighted by molar-refractivity contribution is 6.66. The lowest BCUT2D eigenvalue weighted by Crippen LogP contribution is -2.21. The van der Waals surface area contributed by atoms with Crippen molar-refractivity contribution in [3.05, 3.63) is 25.3 Å². The maximum absolute atomic E-state index is 10.6. The van der Waals surface area contributed by atoms with Gasteiger partial charge in [-0.05, 0) is 50.2 Å². The molecule has 192 valence electrons. The Kier molecular flexibility index (Phi) is 39.1. The molecule has 0 heterocycles. The van der Waals surface area contributed by atoms with Gasteiger partial charge in [0.05, 0.1) is 6.61 Å². The molecule has 0 atom stereocenters. The third-order valence-electron chi connectivity index (χ3n) is 4.28. The van der Waals surface area contributed by atoms with Crippen LogP contribution >= 0.6 is 11.6 Å². The van der Waals surface area contributed by atoms with Gasteiger partial charge in [0.15, 0.2) is 0 Å². The summed E-state index contributed by atoms with van der Waals surface area (Å²) in [5.41, 5.74) is 0. The van der Waals surface area contributed by atoms with Crippen molar-refractivity contribution in [2.24, 2.45) is 0 Å². The summed E-state index contributed by atoms with van der Waals surface area (Å²) in [5.74, 6) is -0.309. The number of unbranched alkanes of at least 4 members (excludes halogenated alkanes) is 2. The SMILES string of the molecule is C=CC(=O)Cl.C=CC(=O)OCCCC[SiH](C)C.CCN(CC)CC.C[SiH](C)CCCCO. The number of hydrogen-bond acceptors (Lipinski definition) is 5. The molecule has 0 saturated heterocycles. The summed E-state index contributed by atoms with van der Waals surface area (Å²) in [6, 6.07) is 2.73. The molecular formula is C24H52ClNO4Si2. The molecule has 0 amide bonds. The van der Waals surface area contributed by atoms with Crippen LogP contribution in [0.1, 0.15) is 46.5 Å². The van der Waals surface area contributed by atoms with E-state index in [1.165, 1.54) is 50.6 Å². The Morgan fingerprint density at radius 1 is 0.875 bits per heavy atom. The van der Waals surface area contributed by atoms with Gasteiger partial charge in [0.25, 0.3) is 0 Å². The lowest BCUT2D eigenvalue weighted by Gasteiger charge is -2.13. The monoisotopic (exact) mass is 509 g/mol. The highest BCUT2D eigenvalue weighted by Crippen LogP contribution is 2.01. The molecule has 5 nitrogen and oxygen atoms in total. The molecular weight excluding hydrogens is 458 g/mol. The molecule has 1 N–H and O–H groups in total. The summed E-state index contributed by atoms with van der Waals surface area (Å²) in [6.07, 6.45) is 6.67. The number of ether oxygens (including phenoxy) is 1. The Morgan fingerprint density at radius 3 is 1.53 bits per heavy atom. The maximum atomic E-state index is 10.6. The van der Waals surface area contributed by atoms with E-state index in [-0.39, 0.29) is 14.8 Å². The van der Waals surface area contributed by atoms with Crippen molar-refractivity contribution in [1.29, 1.82) is 0 Å². The van der Waals surface area contributed by atoms with Crippen LogP contribution in [0.3, 0.4) is 0 Å². The van der Waals surface area contributed by atoms with E-state index < -0.39 is 14.0 Å². The fourth-order valence-corrected chi connectivity index (χ4v) is 4.43. The zero-order chi connectivity index (χ0) is 25.8. The van der Waals surface area contributed by atoms with Gasteiger partial charge in [0.2, 0.25) is 5.24 Å². The molecule has 0 aliphatic rings. The van der Waals surface area contributed by atoms with E-state index in [9.17, 15) is 9.59 Å². The predicted octanol–water partition coefficient (Wildman–Crippen LogP) is 5.51. The minimum Gasteiger partial charge on any atom is -0.463 e. The molecule has 0 aromatic carbocycles. The van der Waals surface area contributed by atoms with Gasteiger partial charge in [-0.1, -0.05) is 85.0 Å². The standard InChI is InChI=1S/C9H18O2Si.C6H15N.C6H16OSi.C3H3ClO/c1-4-9(10)11-7-5-6-8-12(2)3;1-4-7(5-2)6-3;1-8(2)6-4-3-5-7;1-2-3(4)5/h4,12H,1,5-8H2,2-3H3;4-6H2,1-3H3;7-8H,3-6H2,1-2H3;2H,1H2. The molecule has 0 aliphatic heterocycles. The van der Waals surface area contributed by atoms with Crippen LogP contribution < -0.4 is 0 Å². The second-order valence-corrected chi connectivity index (χ2v) is 15.1. The van der Waals surface area contributed by atoms with Crippen molar-refractivity contribution in [3.63, 3.8) is 0 Å². The first-order chi connectivity index (χ1) is 15.1. The van der Waals surface area contributed by atoms with Crippen LogP contribution in [-0.4, -0.2) is 71.7 Å². The van der Waals surface area contributed by atoms with E-state index in [1.54, 1.807) is 0 Å². The van der Waals surface area contributed by atoms with E-state index in [0.717, 1.165) is 18.9 Å². The third-order valence-corrected chi connectivity index (χ3v) is 7.56. The van der Waals surface area contributed by atoms with Crippen LogP contribution in [0.2, 0.25) is 38.3 Å². The number of allylic oxidation sites excluding steroid dienone is 1. The van der Waals surface area contributed by atoms with Gasteiger partial charge in [-0.3, -0.25) is 4.79 Å². The highest BCUT2D eigenvalue weighted by atomic mass is 35.5. The number of rotatable bonds is 14. The molecule has 0 aliphatic carbocycles. The fraction of sp³-hybridized carbons (Fsp3) is 0.750. The van der Waals surface area contributed by atoms with Gasteiger partial charge in [-0.15, -0.1) is 0 Å². The molecule has 0 bridgehead atoms. The zero-order valence-electron chi connectivity index (χ0n) is 22.0. The minimum atomic E-state index is -0.509. The molecule has 0 radical (unpaired) electrons. The van der Waals surface area contributed by atoms with Crippen molar-refractivity contribution in [2.45, 2.75) is 84.7 Å². The van der Waals surface area contributed by atoms with Gasteiger partial charge >= 0.3 is 5.97 Å². The number of aliphatic hydroxyl groups is 1. The first-order valence-electron chi connectivity index (χ1n) is 12.0. The second-order valence-electron chi connectivity index (χ2n) is 8.00. The fourth-order valence-electron chi connectivity index (χ4n) is 2.22. The maximum Gasteiger partial charge on any atom is 0.330 e. The molecule has 0 unspecified atom stereocenters. The summed E-state index contributed by atoms with van der Waals surface area (Å²) in [5, 5.41) is 7.89. The van der Waals surface area contributed by atoms with E-state index in [2.05, 4.69) is 65.0 Å². The van der Waals surface area contributed by atoms with Crippen molar-refractivity contribution in [3.8, 4) is 0 Å². The topological polar surface area (TPSA) is 66.8 Å². The Labute approximate surface area is 207 Å². The molecule has 0 rings (SSSR count). The van der Waals surface area contributed by atoms with Crippen LogP contribution in [-0.2, 0) is 14.3 Å². The number of carbonyl (C=O) groups excluding carboxylic acids is 2. The third kappa shape index (κ3) is 47.2. The molecule has 0 aromatic heterocycles. The molecule has 32 heavy (non-hydrogen) atoms. The Hall–Kier alpha value is -0.736. The van der Waals surface area contributed by atoms with Crippen LogP contribution in [0.25, 0.3) is 0 Å². The molecule has 0 aromatic rings. The first-order valence-corrected chi connectivity index (χ1v) is 18.6. The summed E-state index contributed by atoms with van der Waals surface area (Å²) in [7, 11) is -0.719. The normalized spacial score (nSPS) is 9.62. The average Bonchev–Trinajstić information content (AvgIpc) is 2.75. The molecule has 8 heteroatoms. The van der Waals surface area contributed by atoms with Crippen molar-refractivity contribution >= 4 is 40.4 Å². The van der Waals surface area contributed by atoms with E-state index in [1.807, 2.05) is 0 Å². The van der Waals surface area contributed by atoms with Crippen molar-refractivity contribution in [2.75, 3.05) is 32.8 Å². The number of carbonyl (C=O) groups is 2. The van der Waals surface area contributed by atoms with Gasteiger partial charge in [-0.2, -0.15) is 0 Å². The highest BCUT2D eigenvalue weighted by Gasteiger charge is 1.97. The summed E-state index contributed by atoms with van der Waals surface area (Å²) in [4.78, 5) is 22.4. The molecule has 0 fully saturated rings. The van der Waals surface area contributed by atoms with Crippen molar-refractivity contribution in [1.82, 2.24) is 4.90 Å². The van der Waals surface area contributed by atoms with Crippen LogP contribution in [0.4, 0.5) is 0 Å². The summed E-state index contributed by atoms with van der Waals surface area (Å²) in [6.45, 7) is 26.8. The molecule has 0 saturated carbocycles. The van der Waals surface area contributed by atoms with Gasteiger partial charge in [0.1, 0.15) is 0 Å². The molecule has 0 spiro atoms. The quantitative estimate of drug-likeness (QED) is 0.110. The Bertz CT molecular complexity index is 427. The van der Waals surface area contributed by atoms with E-state index in [0.29, 0.717) is 13.2 Å². The van der Waals surface area contributed by atoms with Crippen LogP contribution in [0.15, 0.2) is 25.3 Å². The van der Waals surface area contributed by atoms with Crippen molar-refractivity contribution < 1.29 is 19.4 Å². The van der Waals surface area contributed by atoms with E-state index in [4.69, 9.17) is 21.4 Å². The van der Waals surface area contributed by atoms with Crippen LogP contribution in [0, 0.1) is 0 Å². The van der Waals surface area contributed by atoms with Gasteiger partial charge in [-0.25, -0.2) is 4.79 Å². The minimum absolute atomic E-state index is 0.309. The zero-order valence-corrected chi connectivity index (χ0v) is 25.1. The summed E-state index contributed by atoms with van der Waals surface area (Å²) >= 11 is 4.71. The lowest BCUT2D eigenvalue weighted by atomic mass is 10.4. The largest absolute Gasteiger partial charge is 0.463 e. The smallest absolute Gasteiger partial charge is 0.330 e. The predicted molar refractivity (Wildman–Crippen MR) is 149 cm³/mol. The Morgan fingerprint density at radius 2 is 1.28 bits per heavy atom. The summed E-state index contributed by atoms with van der Waals surface area (Å²) < 4.78 is 4.83. The number of nitrogens with zero attached hydrogens (tertiary/aromatic N) is 1. The van der Waals surface area contributed by atoms with Gasteiger partial charge < -0.3 is 14.7 Å². The number of esters is 1. The van der Waals surface area contributed by atoms with Crippen LogP contribution in [0.5, 0.6) is 0 Å². The van der Waals surface area contributed by atoms with E-state index >= 15 is 0 Å². The van der Waals surface area contributed by atoms with Gasteiger partial charge in [0, 0.05) is 30.3 Å². The lowest BCUT2D eigenvalue weighted by molar-refractivity contribution is -0.137. The number of hydrogen-bond donors (Lipinski definition) is 1.